The number of hydrogen-bond acceptors (Lipinski definition) is 9. The van der Waals surface area contributed by atoms with Gasteiger partial charge in [0.15, 0.2) is 5.70 Å². The van der Waals surface area contributed by atoms with Crippen molar-refractivity contribution in [2.75, 3.05) is 47.6 Å². The van der Waals surface area contributed by atoms with Gasteiger partial charge in [-0.2, -0.15) is 5.01 Å². The van der Waals surface area contributed by atoms with Gasteiger partial charge in [0.25, 0.3) is 5.91 Å². The molecule has 0 bridgehead atoms. The highest BCUT2D eigenvalue weighted by Gasteiger charge is 2.61. The number of hydrogen-bond donors (Lipinski definition) is 0. The lowest BCUT2D eigenvalue weighted by molar-refractivity contribution is -0.147. The zero-order valence-electron chi connectivity index (χ0n) is 21.0. The van der Waals surface area contributed by atoms with Gasteiger partial charge in [-0.15, -0.1) is 0 Å². The van der Waals surface area contributed by atoms with E-state index in [9.17, 15) is 14.4 Å². The normalized spacial score (nSPS) is 24.2. The molecule has 0 radical (unpaired) electrons. The third-order valence-electron chi connectivity index (χ3n) is 7.08. The summed E-state index contributed by atoms with van der Waals surface area (Å²) < 4.78 is 21.1. The van der Waals surface area contributed by atoms with E-state index >= 15 is 0 Å². The average molecular weight is 508 g/mol. The Hall–Kier alpha value is -3.73. The van der Waals surface area contributed by atoms with E-state index in [1.54, 1.807) is 19.2 Å². The zero-order valence-corrected chi connectivity index (χ0v) is 21.0. The van der Waals surface area contributed by atoms with Crippen LogP contribution in [0.1, 0.15) is 23.2 Å². The van der Waals surface area contributed by atoms with Crippen molar-refractivity contribution in [2.24, 2.45) is 0 Å². The predicted molar refractivity (Wildman–Crippen MR) is 131 cm³/mol. The van der Waals surface area contributed by atoms with E-state index in [4.69, 9.17) is 18.9 Å². The second-order valence-corrected chi connectivity index (χ2v) is 8.90. The number of fused-ring (bicyclic) bond motifs is 1. The lowest BCUT2D eigenvalue weighted by atomic mass is 9.92. The molecule has 0 spiro atoms. The summed E-state index contributed by atoms with van der Waals surface area (Å²) in [6, 6.07) is 14.9. The number of esters is 2. The molecule has 37 heavy (non-hydrogen) atoms. The summed E-state index contributed by atoms with van der Waals surface area (Å²) >= 11 is 0. The Labute approximate surface area is 214 Å². The highest BCUT2D eigenvalue weighted by Crippen LogP contribution is 2.52. The summed E-state index contributed by atoms with van der Waals surface area (Å²) in [6.07, 6.45) is 0. The molecule has 3 heterocycles. The predicted octanol–water partition coefficient (Wildman–Crippen LogP) is 1.85. The first kappa shape index (κ1) is 24.9. The standard InChI is InChI=1S/C27H29N3O7/c1-34-19-11-9-18(10-12-19)21-20(26(32)35-2)23(27(33)36-3)30-25(31)24(28-13-15-37-16-14-28)22(29(21)30)17-7-5-4-6-8-17/h4-12,21-22,24H,13-16H2,1-3H3/t21-,22+,24+/m0/s1. The first-order valence-electron chi connectivity index (χ1n) is 12.1. The molecule has 10 heteroatoms. The maximum Gasteiger partial charge on any atom is 0.356 e. The van der Waals surface area contributed by atoms with Crippen LogP contribution < -0.4 is 4.74 Å². The quantitative estimate of drug-likeness (QED) is 0.543. The van der Waals surface area contributed by atoms with Crippen molar-refractivity contribution in [1.82, 2.24) is 14.9 Å². The molecule has 0 N–H and O–H groups in total. The summed E-state index contributed by atoms with van der Waals surface area (Å²) in [6.45, 7) is 2.13. The maximum absolute atomic E-state index is 14.2. The number of hydrazine groups is 1. The molecule has 2 saturated heterocycles. The van der Waals surface area contributed by atoms with E-state index in [2.05, 4.69) is 4.90 Å². The van der Waals surface area contributed by atoms with Gasteiger partial charge in [-0.3, -0.25) is 9.69 Å². The highest BCUT2D eigenvalue weighted by molar-refractivity contribution is 6.06. The molecule has 2 aromatic carbocycles. The molecule has 0 aromatic heterocycles. The maximum atomic E-state index is 14.2. The minimum absolute atomic E-state index is 0.0502. The number of nitrogens with zero attached hydrogens (tertiary/aromatic N) is 3. The number of carbonyl (C=O) groups is 3. The Bertz CT molecular complexity index is 1210. The molecule has 0 saturated carbocycles. The van der Waals surface area contributed by atoms with Gasteiger partial charge in [-0.25, -0.2) is 14.6 Å². The van der Waals surface area contributed by atoms with Crippen molar-refractivity contribution in [3.63, 3.8) is 0 Å². The van der Waals surface area contributed by atoms with Crippen LogP contribution in [0.3, 0.4) is 0 Å². The van der Waals surface area contributed by atoms with Crippen molar-refractivity contribution in [3.8, 4) is 5.75 Å². The molecule has 10 nitrogen and oxygen atoms in total. The number of morpholine rings is 1. The number of amides is 1. The average Bonchev–Trinajstić information content (AvgIpc) is 3.45. The number of carbonyl (C=O) groups excluding carboxylic acids is 3. The largest absolute Gasteiger partial charge is 0.497 e. The molecule has 2 aromatic rings. The fourth-order valence-corrected chi connectivity index (χ4v) is 5.43. The van der Waals surface area contributed by atoms with Crippen LogP contribution >= 0.6 is 0 Å². The van der Waals surface area contributed by atoms with Gasteiger partial charge < -0.3 is 18.9 Å². The van der Waals surface area contributed by atoms with Crippen LogP contribution in [0, 0.1) is 0 Å². The summed E-state index contributed by atoms with van der Waals surface area (Å²) in [5.74, 6) is -1.17. The summed E-state index contributed by atoms with van der Waals surface area (Å²) in [5, 5.41) is 3.14. The van der Waals surface area contributed by atoms with E-state index in [0.717, 1.165) is 5.56 Å². The first-order valence-corrected chi connectivity index (χ1v) is 12.1. The van der Waals surface area contributed by atoms with E-state index in [0.29, 0.717) is 37.6 Å². The third-order valence-corrected chi connectivity index (χ3v) is 7.08. The molecule has 2 fully saturated rings. The lowest BCUT2D eigenvalue weighted by Crippen LogP contribution is -2.49. The molecule has 0 aliphatic carbocycles. The molecule has 0 unspecified atom stereocenters. The number of benzene rings is 2. The third kappa shape index (κ3) is 4.16. The molecule has 194 valence electrons. The van der Waals surface area contributed by atoms with Crippen molar-refractivity contribution in [1.29, 1.82) is 0 Å². The summed E-state index contributed by atoms with van der Waals surface area (Å²) in [5.41, 5.74) is 1.50. The Kier molecular flexibility index (Phi) is 6.96. The molecular formula is C27H29N3O7. The van der Waals surface area contributed by atoms with Crippen LogP contribution in [0.5, 0.6) is 5.75 Å². The van der Waals surface area contributed by atoms with Crippen LogP contribution in [0.25, 0.3) is 0 Å². The molecule has 3 aliphatic heterocycles. The summed E-state index contributed by atoms with van der Waals surface area (Å²) in [7, 11) is 4.05. The van der Waals surface area contributed by atoms with E-state index in [-0.39, 0.29) is 17.2 Å². The summed E-state index contributed by atoms with van der Waals surface area (Å²) in [4.78, 5) is 42.7. The number of ether oxygens (including phenoxy) is 4. The van der Waals surface area contributed by atoms with Gasteiger partial charge >= 0.3 is 11.9 Å². The van der Waals surface area contributed by atoms with Gasteiger partial charge in [-0.1, -0.05) is 42.5 Å². The van der Waals surface area contributed by atoms with E-state index in [1.165, 1.54) is 19.2 Å². The lowest BCUT2D eigenvalue weighted by Gasteiger charge is -2.37. The zero-order chi connectivity index (χ0) is 26.1. The minimum atomic E-state index is -0.788. The van der Waals surface area contributed by atoms with Crippen LogP contribution in [-0.2, 0) is 28.6 Å². The Balaban J connectivity index is 1.74. The van der Waals surface area contributed by atoms with Crippen molar-refractivity contribution >= 4 is 17.8 Å². The van der Waals surface area contributed by atoms with Gasteiger partial charge in [-0.05, 0) is 23.3 Å². The smallest absolute Gasteiger partial charge is 0.356 e. The highest BCUT2D eigenvalue weighted by atomic mass is 16.5. The topological polar surface area (TPSA) is 97.9 Å². The Morgan fingerprint density at radius 2 is 1.49 bits per heavy atom. The van der Waals surface area contributed by atoms with E-state index in [1.807, 2.05) is 47.5 Å². The Morgan fingerprint density at radius 1 is 0.838 bits per heavy atom. The molecule has 3 aliphatic rings. The monoisotopic (exact) mass is 507 g/mol. The van der Waals surface area contributed by atoms with Gasteiger partial charge in [0, 0.05) is 13.1 Å². The van der Waals surface area contributed by atoms with E-state index < -0.39 is 30.1 Å². The second-order valence-electron chi connectivity index (χ2n) is 8.90. The van der Waals surface area contributed by atoms with Crippen LogP contribution in [0.2, 0.25) is 0 Å². The van der Waals surface area contributed by atoms with Crippen molar-refractivity contribution < 1.29 is 33.3 Å². The number of methoxy groups -OCH3 is 3. The van der Waals surface area contributed by atoms with Gasteiger partial charge in [0.05, 0.1) is 52.2 Å². The van der Waals surface area contributed by atoms with Crippen LogP contribution in [-0.4, -0.2) is 86.4 Å². The molecule has 5 rings (SSSR count). The molecule has 3 atom stereocenters. The number of rotatable bonds is 6. The van der Waals surface area contributed by atoms with Crippen molar-refractivity contribution in [3.05, 3.63) is 77.0 Å². The van der Waals surface area contributed by atoms with Gasteiger partial charge in [0.2, 0.25) is 0 Å². The fourth-order valence-electron chi connectivity index (χ4n) is 5.43. The SMILES string of the molecule is COC(=O)C1=C(C(=O)OC)N2C(=O)[C@H](N3CCOCC3)[C@@H](c3ccccc3)N2[C@H]1c1ccc(OC)cc1. The van der Waals surface area contributed by atoms with Crippen LogP contribution in [0.4, 0.5) is 0 Å². The van der Waals surface area contributed by atoms with Gasteiger partial charge in [0.1, 0.15) is 11.8 Å². The van der Waals surface area contributed by atoms with Crippen molar-refractivity contribution in [2.45, 2.75) is 18.1 Å². The minimum Gasteiger partial charge on any atom is -0.497 e. The fraction of sp³-hybridized carbons (Fsp3) is 0.370. The molecule has 1 amide bonds. The first-order chi connectivity index (χ1) is 18.0. The molecular weight excluding hydrogens is 478 g/mol. The second kappa shape index (κ2) is 10.3. The van der Waals surface area contributed by atoms with Crippen LogP contribution in [0.15, 0.2) is 65.9 Å². The Morgan fingerprint density at radius 3 is 2.08 bits per heavy atom.